The second-order valence-corrected chi connectivity index (χ2v) is 6.58. The van der Waals surface area contributed by atoms with Crippen molar-refractivity contribution in [1.29, 1.82) is 0 Å². The summed E-state index contributed by atoms with van der Waals surface area (Å²) in [5, 5.41) is 0. The van der Waals surface area contributed by atoms with Gasteiger partial charge in [-0.2, -0.15) is 8.42 Å². The molecule has 0 radical (unpaired) electrons. The van der Waals surface area contributed by atoms with Gasteiger partial charge in [0.05, 0.1) is 19.4 Å². The van der Waals surface area contributed by atoms with Gasteiger partial charge in [0.1, 0.15) is 0 Å². The molecule has 0 spiro atoms. The first-order valence-electron chi connectivity index (χ1n) is 7.56. The van der Waals surface area contributed by atoms with Crippen LogP contribution in [0.25, 0.3) is 0 Å². The van der Waals surface area contributed by atoms with Crippen molar-refractivity contribution < 1.29 is 31.5 Å². The maximum atomic E-state index is 11.3. The largest absolute Gasteiger partial charge is 0.466 e. The van der Waals surface area contributed by atoms with E-state index in [1.165, 1.54) is 19.3 Å². The third-order valence-corrected chi connectivity index (χ3v) is 3.32. The fourth-order valence-electron chi connectivity index (χ4n) is 1.81. The Morgan fingerprint density at radius 1 is 0.955 bits per heavy atom. The number of carbonyl (C=O) groups excluding carboxylic acids is 2. The highest BCUT2D eigenvalue weighted by Gasteiger charge is 2.15. The van der Waals surface area contributed by atoms with Gasteiger partial charge in [0.25, 0.3) is 0 Å². The number of unbranched alkanes of at least 4 members (excludes halogenated alkanes) is 4. The Balaban J connectivity index is 3.49. The van der Waals surface area contributed by atoms with Crippen molar-refractivity contribution >= 4 is 22.3 Å². The van der Waals surface area contributed by atoms with Crippen molar-refractivity contribution in [3.63, 3.8) is 0 Å². The molecule has 8 heteroatoms. The second-order valence-electron chi connectivity index (χ2n) is 5.55. The molecule has 1 N–H and O–H groups in total. The first kappa shape index (κ1) is 20.9. The molecule has 0 unspecified atom stereocenters. The summed E-state index contributed by atoms with van der Waals surface area (Å²) in [6.07, 6.45) is 5.75. The Hall–Kier alpha value is -1.15. The van der Waals surface area contributed by atoms with E-state index in [0.29, 0.717) is 0 Å². The third kappa shape index (κ3) is 15.2. The van der Waals surface area contributed by atoms with E-state index in [2.05, 4.69) is 18.0 Å². The summed E-state index contributed by atoms with van der Waals surface area (Å²) < 4.78 is 37.3. The number of carbonyl (C=O) groups is 2. The molecule has 0 aliphatic rings. The molecule has 130 valence electrons. The van der Waals surface area contributed by atoms with E-state index in [1.807, 2.05) is 0 Å². The molecule has 0 saturated heterocycles. The number of rotatable bonds is 12. The van der Waals surface area contributed by atoms with Crippen LogP contribution in [0.15, 0.2) is 0 Å². The second kappa shape index (κ2) is 11.4. The predicted octanol–water partition coefficient (Wildman–Crippen LogP) is 2.65. The normalized spacial score (nSPS) is 11.5. The highest BCUT2D eigenvalue weighted by atomic mass is 32.3. The summed E-state index contributed by atoms with van der Waals surface area (Å²) in [5.41, 5.74) is 0. The zero-order valence-corrected chi connectivity index (χ0v) is 14.1. The lowest BCUT2D eigenvalue weighted by Crippen LogP contribution is -2.14. The lowest BCUT2D eigenvalue weighted by atomic mass is 10.0. The quantitative estimate of drug-likeness (QED) is 0.331. The molecule has 0 heterocycles. The van der Waals surface area contributed by atoms with Gasteiger partial charge in [-0.25, -0.2) is 0 Å². The molecule has 0 aliphatic heterocycles. The Morgan fingerprint density at radius 3 is 2.09 bits per heavy atom. The molecule has 0 amide bonds. The van der Waals surface area contributed by atoms with Gasteiger partial charge >= 0.3 is 22.3 Å². The molecular formula is C14H26O7S. The van der Waals surface area contributed by atoms with Crippen LogP contribution >= 0.6 is 0 Å². The van der Waals surface area contributed by atoms with Gasteiger partial charge < -0.3 is 8.92 Å². The van der Waals surface area contributed by atoms with Gasteiger partial charge in [0, 0.05) is 0 Å². The molecule has 22 heavy (non-hydrogen) atoms. The van der Waals surface area contributed by atoms with Crippen LogP contribution in [0.5, 0.6) is 0 Å². The summed E-state index contributed by atoms with van der Waals surface area (Å²) in [6.45, 7) is 4.69. The van der Waals surface area contributed by atoms with Crippen molar-refractivity contribution in [2.45, 2.75) is 65.2 Å². The average Bonchev–Trinajstić information content (AvgIpc) is 2.37. The molecule has 7 nitrogen and oxygen atoms in total. The van der Waals surface area contributed by atoms with Crippen LogP contribution in [0.3, 0.4) is 0 Å². The van der Waals surface area contributed by atoms with Crippen LogP contribution in [0, 0.1) is 5.92 Å². The van der Waals surface area contributed by atoms with Crippen LogP contribution in [-0.2, 0) is 28.9 Å². The highest BCUT2D eigenvalue weighted by Crippen LogP contribution is 2.10. The molecule has 0 aromatic heterocycles. The third-order valence-electron chi connectivity index (χ3n) is 2.92. The van der Waals surface area contributed by atoms with Crippen molar-refractivity contribution in [3.8, 4) is 0 Å². The Bertz CT molecular complexity index is 428. The Morgan fingerprint density at radius 2 is 1.50 bits per heavy atom. The summed E-state index contributed by atoms with van der Waals surface area (Å²) in [6, 6.07) is 0. The Labute approximate surface area is 132 Å². The minimum Gasteiger partial charge on any atom is -0.466 e. The standard InChI is InChI=1S/C14H26O7S/c1-12(2)8-6-4-3-5-7-11-20-13(15)9-10-14(16)21-22(17,18)19/h12H,3-11H2,1-2H3,(H,17,18,19). The van der Waals surface area contributed by atoms with Crippen LogP contribution in [0.2, 0.25) is 0 Å². The molecule has 0 aromatic carbocycles. The molecule has 0 bridgehead atoms. The van der Waals surface area contributed by atoms with E-state index in [4.69, 9.17) is 9.29 Å². The zero-order chi connectivity index (χ0) is 17.0. The van der Waals surface area contributed by atoms with E-state index in [-0.39, 0.29) is 13.0 Å². The predicted molar refractivity (Wildman–Crippen MR) is 80.4 cm³/mol. The first-order valence-corrected chi connectivity index (χ1v) is 8.92. The number of esters is 1. The number of hydrogen-bond acceptors (Lipinski definition) is 6. The molecule has 0 aromatic rings. The van der Waals surface area contributed by atoms with Gasteiger partial charge in [0.2, 0.25) is 0 Å². The molecule has 0 atom stereocenters. The maximum absolute atomic E-state index is 11.3. The monoisotopic (exact) mass is 338 g/mol. The summed E-state index contributed by atoms with van der Waals surface area (Å²) in [7, 11) is -4.81. The zero-order valence-electron chi connectivity index (χ0n) is 13.2. The van der Waals surface area contributed by atoms with Gasteiger partial charge in [-0.05, 0) is 12.3 Å². The molecule has 0 aliphatic carbocycles. The lowest BCUT2D eigenvalue weighted by Gasteiger charge is -2.06. The van der Waals surface area contributed by atoms with Gasteiger partial charge in [-0.3, -0.25) is 14.1 Å². The van der Waals surface area contributed by atoms with Crippen LogP contribution in [0.4, 0.5) is 0 Å². The van der Waals surface area contributed by atoms with Gasteiger partial charge in [-0.15, -0.1) is 0 Å². The van der Waals surface area contributed by atoms with Crippen LogP contribution in [0.1, 0.15) is 65.2 Å². The van der Waals surface area contributed by atoms with Crippen LogP contribution in [-0.4, -0.2) is 31.5 Å². The lowest BCUT2D eigenvalue weighted by molar-refractivity contribution is -0.147. The molecular weight excluding hydrogens is 312 g/mol. The van der Waals surface area contributed by atoms with E-state index >= 15 is 0 Å². The van der Waals surface area contributed by atoms with E-state index in [9.17, 15) is 18.0 Å². The number of ether oxygens (including phenoxy) is 1. The highest BCUT2D eigenvalue weighted by molar-refractivity contribution is 7.81. The van der Waals surface area contributed by atoms with E-state index in [0.717, 1.165) is 25.2 Å². The van der Waals surface area contributed by atoms with Crippen molar-refractivity contribution in [3.05, 3.63) is 0 Å². The molecule has 0 rings (SSSR count). The van der Waals surface area contributed by atoms with Gasteiger partial charge in [0.15, 0.2) is 0 Å². The first-order chi connectivity index (χ1) is 10.2. The fraction of sp³-hybridized carbons (Fsp3) is 0.857. The van der Waals surface area contributed by atoms with Crippen molar-refractivity contribution in [2.24, 2.45) is 5.92 Å². The summed E-state index contributed by atoms with van der Waals surface area (Å²) in [4.78, 5) is 22.2. The molecule has 0 saturated carbocycles. The molecule has 0 fully saturated rings. The van der Waals surface area contributed by atoms with Crippen molar-refractivity contribution in [2.75, 3.05) is 6.61 Å². The minimum absolute atomic E-state index is 0.275. The Kier molecular flexibility index (Phi) is 10.8. The fourth-order valence-corrected chi connectivity index (χ4v) is 2.12. The summed E-state index contributed by atoms with van der Waals surface area (Å²) in [5.74, 6) is -1.05. The van der Waals surface area contributed by atoms with Crippen LogP contribution < -0.4 is 0 Å². The average molecular weight is 338 g/mol. The van der Waals surface area contributed by atoms with Gasteiger partial charge in [-0.1, -0.05) is 46.0 Å². The summed E-state index contributed by atoms with van der Waals surface area (Å²) >= 11 is 0. The SMILES string of the molecule is CC(C)CCCCCCCOC(=O)CCC(=O)OS(=O)(=O)O. The smallest absolute Gasteiger partial charge is 0.448 e. The van der Waals surface area contributed by atoms with Crippen molar-refractivity contribution in [1.82, 2.24) is 0 Å². The van der Waals surface area contributed by atoms with E-state index in [1.54, 1.807) is 0 Å². The number of hydrogen-bond donors (Lipinski definition) is 1. The topological polar surface area (TPSA) is 107 Å². The van der Waals surface area contributed by atoms with E-state index < -0.39 is 28.8 Å². The minimum atomic E-state index is -4.81. The maximum Gasteiger partial charge on any atom is 0.448 e.